The van der Waals surface area contributed by atoms with Crippen LogP contribution in [-0.2, 0) is 13.6 Å². The molecule has 94 valence electrons. The molecular formula is C12H10FIN2O2. The molecule has 1 aromatic carbocycles. The van der Waals surface area contributed by atoms with E-state index in [2.05, 4.69) is 0 Å². The maximum Gasteiger partial charge on any atom is 0.331 e. The van der Waals surface area contributed by atoms with Gasteiger partial charge in [0.25, 0.3) is 5.56 Å². The Morgan fingerprint density at radius 2 is 1.83 bits per heavy atom. The second-order valence-electron chi connectivity index (χ2n) is 3.89. The summed E-state index contributed by atoms with van der Waals surface area (Å²) in [6.45, 7) is 0.141. The van der Waals surface area contributed by atoms with Crippen molar-refractivity contribution in [2.24, 2.45) is 7.05 Å². The number of rotatable bonds is 2. The molecule has 18 heavy (non-hydrogen) atoms. The molecule has 0 saturated carbocycles. The van der Waals surface area contributed by atoms with Crippen LogP contribution in [0.25, 0.3) is 0 Å². The summed E-state index contributed by atoms with van der Waals surface area (Å²) in [6, 6.07) is 5.72. The van der Waals surface area contributed by atoms with E-state index in [0.29, 0.717) is 9.13 Å². The molecule has 0 N–H and O–H groups in total. The summed E-state index contributed by atoms with van der Waals surface area (Å²) in [7, 11) is 1.59. The first-order valence-corrected chi connectivity index (χ1v) is 6.27. The third-order valence-corrected chi connectivity index (χ3v) is 3.28. The molecule has 0 atom stereocenters. The van der Waals surface area contributed by atoms with Gasteiger partial charge >= 0.3 is 5.69 Å². The summed E-state index contributed by atoms with van der Waals surface area (Å²) in [5.74, 6) is -0.346. The van der Waals surface area contributed by atoms with E-state index < -0.39 is 0 Å². The Kier molecular flexibility index (Phi) is 3.65. The summed E-state index contributed by atoms with van der Waals surface area (Å²) >= 11 is 1.89. The van der Waals surface area contributed by atoms with Crippen LogP contribution in [0, 0.1) is 9.39 Å². The SMILES string of the molecule is Cn1cc(I)c(=O)n(Cc2ccc(F)cc2)c1=O. The van der Waals surface area contributed by atoms with Gasteiger partial charge in [-0.05, 0) is 40.3 Å². The van der Waals surface area contributed by atoms with E-state index in [1.807, 2.05) is 22.6 Å². The lowest BCUT2D eigenvalue weighted by Crippen LogP contribution is -2.40. The number of halogens is 2. The normalized spacial score (nSPS) is 10.6. The number of benzene rings is 1. The number of hydrogen-bond acceptors (Lipinski definition) is 2. The van der Waals surface area contributed by atoms with Crippen LogP contribution in [0.4, 0.5) is 4.39 Å². The lowest BCUT2D eigenvalue weighted by atomic mass is 10.2. The van der Waals surface area contributed by atoms with Crippen LogP contribution in [0.1, 0.15) is 5.56 Å². The van der Waals surface area contributed by atoms with E-state index in [1.54, 1.807) is 19.2 Å². The zero-order valence-corrected chi connectivity index (χ0v) is 11.7. The summed E-state index contributed by atoms with van der Waals surface area (Å²) < 4.78 is 15.7. The van der Waals surface area contributed by atoms with Crippen molar-refractivity contribution >= 4 is 22.6 Å². The lowest BCUT2D eigenvalue weighted by molar-refractivity contribution is 0.619. The maximum absolute atomic E-state index is 12.8. The van der Waals surface area contributed by atoms with Gasteiger partial charge in [-0.2, -0.15) is 0 Å². The van der Waals surface area contributed by atoms with Crippen LogP contribution in [0.5, 0.6) is 0 Å². The Balaban J connectivity index is 2.50. The molecule has 2 aromatic rings. The van der Waals surface area contributed by atoms with Gasteiger partial charge in [0.15, 0.2) is 0 Å². The van der Waals surface area contributed by atoms with Gasteiger partial charge in [0.05, 0.1) is 10.1 Å². The Morgan fingerprint density at radius 3 is 2.44 bits per heavy atom. The van der Waals surface area contributed by atoms with Gasteiger partial charge in [-0.25, -0.2) is 9.18 Å². The van der Waals surface area contributed by atoms with Gasteiger partial charge in [-0.15, -0.1) is 0 Å². The van der Waals surface area contributed by atoms with Crippen molar-refractivity contribution in [3.05, 3.63) is 66.3 Å². The molecule has 0 aliphatic carbocycles. The van der Waals surface area contributed by atoms with Gasteiger partial charge < -0.3 is 4.57 Å². The van der Waals surface area contributed by atoms with Gasteiger partial charge in [0, 0.05) is 13.2 Å². The quantitative estimate of drug-likeness (QED) is 0.759. The van der Waals surface area contributed by atoms with Gasteiger partial charge in [-0.1, -0.05) is 12.1 Å². The second-order valence-corrected chi connectivity index (χ2v) is 5.05. The van der Waals surface area contributed by atoms with E-state index in [4.69, 9.17) is 0 Å². The minimum atomic E-state index is -0.384. The number of nitrogens with zero attached hydrogens (tertiary/aromatic N) is 2. The molecule has 0 unspecified atom stereocenters. The molecule has 0 amide bonds. The average Bonchev–Trinajstić information content (AvgIpc) is 2.34. The highest BCUT2D eigenvalue weighted by atomic mass is 127. The number of hydrogen-bond donors (Lipinski definition) is 0. The van der Waals surface area contributed by atoms with Crippen LogP contribution >= 0.6 is 22.6 Å². The van der Waals surface area contributed by atoms with E-state index in [-0.39, 0.29) is 23.6 Å². The molecular weight excluding hydrogens is 350 g/mol. The minimum absolute atomic E-state index is 0.141. The smallest absolute Gasteiger partial charge is 0.302 e. The standard InChI is InChI=1S/C12H10FIN2O2/c1-15-7-10(14)11(17)16(12(15)18)6-8-2-4-9(13)5-3-8/h2-5,7H,6H2,1H3. The predicted molar refractivity (Wildman–Crippen MR) is 74.2 cm³/mol. The Labute approximate surface area is 116 Å². The van der Waals surface area contributed by atoms with Crippen molar-refractivity contribution in [3.8, 4) is 0 Å². The molecule has 0 fully saturated rings. The van der Waals surface area contributed by atoms with Crippen LogP contribution in [0.2, 0.25) is 0 Å². The Bertz CT molecular complexity index is 654. The van der Waals surface area contributed by atoms with Crippen LogP contribution < -0.4 is 11.2 Å². The summed E-state index contributed by atoms with van der Waals surface area (Å²) in [4.78, 5) is 23.7. The van der Waals surface area contributed by atoms with Gasteiger partial charge in [0.2, 0.25) is 0 Å². The third kappa shape index (κ3) is 2.53. The van der Waals surface area contributed by atoms with Crippen molar-refractivity contribution < 1.29 is 4.39 Å². The molecule has 2 rings (SSSR count). The average molecular weight is 360 g/mol. The summed E-state index contributed by atoms with van der Waals surface area (Å²) in [6.07, 6.45) is 1.49. The Hall–Kier alpha value is -1.44. The zero-order chi connectivity index (χ0) is 13.3. The van der Waals surface area contributed by atoms with E-state index in [9.17, 15) is 14.0 Å². The summed E-state index contributed by atoms with van der Waals surface area (Å²) in [5, 5.41) is 0. The molecule has 0 spiro atoms. The fraction of sp³-hybridized carbons (Fsp3) is 0.167. The highest BCUT2D eigenvalue weighted by Crippen LogP contribution is 2.03. The fourth-order valence-electron chi connectivity index (χ4n) is 1.60. The molecule has 0 saturated heterocycles. The third-order valence-electron chi connectivity index (χ3n) is 2.54. The minimum Gasteiger partial charge on any atom is -0.302 e. The molecule has 0 bridgehead atoms. The Morgan fingerprint density at radius 1 is 1.22 bits per heavy atom. The maximum atomic E-state index is 12.8. The molecule has 4 nitrogen and oxygen atoms in total. The van der Waals surface area contributed by atoms with Crippen molar-refractivity contribution in [1.29, 1.82) is 0 Å². The molecule has 1 heterocycles. The number of aryl methyl sites for hydroxylation is 1. The first kappa shape index (κ1) is 13.0. The van der Waals surface area contributed by atoms with Gasteiger partial charge in [-0.3, -0.25) is 9.36 Å². The monoisotopic (exact) mass is 360 g/mol. The highest BCUT2D eigenvalue weighted by molar-refractivity contribution is 14.1. The van der Waals surface area contributed by atoms with E-state index in [0.717, 1.165) is 4.57 Å². The summed E-state index contributed by atoms with van der Waals surface area (Å²) in [5.41, 5.74) is -0.00892. The molecule has 6 heteroatoms. The van der Waals surface area contributed by atoms with Gasteiger partial charge in [0.1, 0.15) is 5.82 Å². The molecule has 1 aromatic heterocycles. The van der Waals surface area contributed by atoms with Crippen molar-refractivity contribution in [3.63, 3.8) is 0 Å². The first-order valence-electron chi connectivity index (χ1n) is 5.19. The topological polar surface area (TPSA) is 44.0 Å². The van der Waals surface area contributed by atoms with Crippen LogP contribution in [0.15, 0.2) is 40.1 Å². The second kappa shape index (κ2) is 5.05. The van der Waals surface area contributed by atoms with E-state index in [1.165, 1.54) is 22.9 Å². The van der Waals surface area contributed by atoms with Crippen molar-refractivity contribution in [2.45, 2.75) is 6.54 Å². The van der Waals surface area contributed by atoms with Crippen LogP contribution in [0.3, 0.4) is 0 Å². The molecule has 0 radical (unpaired) electrons. The lowest BCUT2D eigenvalue weighted by Gasteiger charge is -2.07. The van der Waals surface area contributed by atoms with Crippen LogP contribution in [-0.4, -0.2) is 9.13 Å². The van der Waals surface area contributed by atoms with Crippen molar-refractivity contribution in [1.82, 2.24) is 9.13 Å². The number of aromatic nitrogens is 2. The zero-order valence-electron chi connectivity index (χ0n) is 9.56. The molecule has 0 aliphatic heterocycles. The predicted octanol–water partition coefficient (Wildman–Crippen LogP) is 1.34. The highest BCUT2D eigenvalue weighted by Gasteiger charge is 2.08. The van der Waals surface area contributed by atoms with Crippen molar-refractivity contribution in [2.75, 3.05) is 0 Å². The fourth-order valence-corrected chi connectivity index (χ4v) is 2.31. The largest absolute Gasteiger partial charge is 0.331 e. The first-order chi connectivity index (χ1) is 8.49. The molecule has 0 aliphatic rings. The van der Waals surface area contributed by atoms with E-state index >= 15 is 0 Å².